The van der Waals surface area contributed by atoms with Crippen LogP contribution >= 0.6 is 11.6 Å². The number of nitrogens with one attached hydrogen (secondary N) is 2. The van der Waals surface area contributed by atoms with Gasteiger partial charge < -0.3 is 30.1 Å². The minimum atomic E-state index is -2.35. The molecule has 0 spiro atoms. The van der Waals surface area contributed by atoms with Crippen LogP contribution in [-0.2, 0) is 20.9 Å². The van der Waals surface area contributed by atoms with Crippen molar-refractivity contribution in [3.05, 3.63) is 52.8 Å². The molecule has 1 saturated heterocycles. The summed E-state index contributed by atoms with van der Waals surface area (Å²) in [4.78, 5) is 37.5. The first-order valence-corrected chi connectivity index (χ1v) is 9.64. The number of hydrogen-bond acceptors (Lipinski definition) is 6. The minimum absolute atomic E-state index is 0.0905. The highest BCUT2D eigenvalue weighted by Gasteiger charge is 2.49. The molecule has 4 rings (SSSR count). The second-order valence-electron chi connectivity index (χ2n) is 7.03. The molecule has 0 radical (unpaired) electrons. The van der Waals surface area contributed by atoms with Gasteiger partial charge in [0.1, 0.15) is 11.6 Å². The summed E-state index contributed by atoms with van der Waals surface area (Å²) in [5.74, 6) is -3.64. The summed E-state index contributed by atoms with van der Waals surface area (Å²) < 4.78 is 23.7. The van der Waals surface area contributed by atoms with Crippen LogP contribution < -0.4 is 20.3 Å². The van der Waals surface area contributed by atoms with Crippen LogP contribution in [0, 0.1) is 5.82 Å². The van der Waals surface area contributed by atoms with E-state index in [1.165, 1.54) is 17.0 Å². The van der Waals surface area contributed by atoms with E-state index in [2.05, 4.69) is 10.6 Å². The van der Waals surface area contributed by atoms with E-state index in [-0.39, 0.29) is 37.0 Å². The van der Waals surface area contributed by atoms with E-state index in [9.17, 15) is 23.9 Å². The lowest BCUT2D eigenvalue weighted by atomic mass is 10.2. The average Bonchev–Trinajstić information content (AvgIpc) is 3.00. The van der Waals surface area contributed by atoms with Crippen LogP contribution in [0.25, 0.3) is 0 Å². The quantitative estimate of drug-likeness (QED) is 0.616. The van der Waals surface area contributed by atoms with Gasteiger partial charge in [-0.3, -0.25) is 9.59 Å². The molecule has 11 heteroatoms. The molecule has 2 aliphatic heterocycles. The van der Waals surface area contributed by atoms with Crippen LogP contribution in [0.5, 0.6) is 5.75 Å². The van der Waals surface area contributed by atoms with Gasteiger partial charge in [-0.2, -0.15) is 0 Å². The Hall–Kier alpha value is -3.37. The number of nitrogens with zero attached hydrogens (tertiary/aromatic N) is 1. The number of fused-ring (bicyclic) bond motifs is 1. The Kier molecular flexibility index (Phi) is 5.42. The van der Waals surface area contributed by atoms with Crippen molar-refractivity contribution in [2.75, 3.05) is 23.4 Å². The van der Waals surface area contributed by atoms with Gasteiger partial charge in [0.25, 0.3) is 17.6 Å². The number of hydrogen-bond donors (Lipinski definition) is 3. The van der Waals surface area contributed by atoms with Crippen LogP contribution in [0.4, 0.5) is 20.6 Å². The highest BCUT2D eigenvalue weighted by molar-refractivity contribution is 6.30. The number of benzene rings is 2. The largest absolute Gasteiger partial charge is 0.482 e. The standard InChI is InChI=1S/C20H17ClFN3O6/c21-12-5-11(6-13(22)7-12)9-23-19(28)31-20(29)3-4-25(18(20)27)14-1-2-15-16(8-14)30-10-17(26)24-15/h1-2,5-8,29H,3-4,9-10H2,(H,23,28)(H,24,26). The van der Waals surface area contributed by atoms with Crippen molar-refractivity contribution in [2.24, 2.45) is 0 Å². The first-order chi connectivity index (χ1) is 14.7. The molecule has 31 heavy (non-hydrogen) atoms. The fourth-order valence-corrected chi connectivity index (χ4v) is 3.58. The third-order valence-electron chi connectivity index (χ3n) is 4.78. The molecule has 1 fully saturated rings. The van der Waals surface area contributed by atoms with Gasteiger partial charge in [0.2, 0.25) is 0 Å². The molecule has 2 heterocycles. The summed E-state index contributed by atoms with van der Waals surface area (Å²) in [6.45, 7) is -0.167. The molecule has 1 unspecified atom stereocenters. The van der Waals surface area contributed by atoms with E-state index in [1.54, 1.807) is 18.2 Å². The molecule has 2 aromatic carbocycles. The lowest BCUT2D eigenvalue weighted by molar-refractivity contribution is -0.175. The Labute approximate surface area is 180 Å². The number of alkyl carbamates (subject to hydrolysis) is 1. The van der Waals surface area contributed by atoms with Crippen LogP contribution in [0.15, 0.2) is 36.4 Å². The van der Waals surface area contributed by atoms with E-state index in [4.69, 9.17) is 21.1 Å². The second kappa shape index (κ2) is 8.05. The van der Waals surface area contributed by atoms with Gasteiger partial charge in [-0.25, -0.2) is 9.18 Å². The molecule has 2 aliphatic rings. The predicted octanol–water partition coefficient (Wildman–Crippen LogP) is 2.16. The Balaban J connectivity index is 1.40. The number of carbonyl (C=O) groups excluding carboxylic acids is 3. The first-order valence-electron chi connectivity index (χ1n) is 9.26. The van der Waals surface area contributed by atoms with Gasteiger partial charge in [0.05, 0.1) is 5.69 Å². The van der Waals surface area contributed by atoms with Crippen molar-refractivity contribution in [2.45, 2.75) is 18.8 Å². The van der Waals surface area contributed by atoms with Crippen molar-refractivity contribution in [1.82, 2.24) is 5.32 Å². The molecule has 3 amide bonds. The van der Waals surface area contributed by atoms with E-state index in [0.717, 1.165) is 6.07 Å². The van der Waals surface area contributed by atoms with Crippen LogP contribution in [0.3, 0.4) is 0 Å². The Morgan fingerprint density at radius 2 is 2.13 bits per heavy atom. The molecule has 0 bridgehead atoms. The van der Waals surface area contributed by atoms with Crippen LogP contribution in [-0.4, -0.2) is 42.0 Å². The monoisotopic (exact) mass is 449 g/mol. The highest BCUT2D eigenvalue weighted by Crippen LogP contribution is 2.35. The zero-order valence-corrected chi connectivity index (χ0v) is 16.7. The molecular weight excluding hydrogens is 433 g/mol. The average molecular weight is 450 g/mol. The zero-order valence-electron chi connectivity index (χ0n) is 16.0. The first kappa shape index (κ1) is 20.9. The van der Waals surface area contributed by atoms with Gasteiger partial charge in [0, 0.05) is 36.3 Å². The summed E-state index contributed by atoms with van der Waals surface area (Å²) in [5.41, 5.74) is 1.26. The lowest BCUT2D eigenvalue weighted by Crippen LogP contribution is -2.46. The molecule has 0 saturated carbocycles. The van der Waals surface area contributed by atoms with Gasteiger partial charge in [-0.1, -0.05) is 11.6 Å². The van der Waals surface area contributed by atoms with Gasteiger partial charge in [0.15, 0.2) is 6.61 Å². The fraction of sp³-hybridized carbons (Fsp3) is 0.250. The zero-order chi connectivity index (χ0) is 22.2. The number of carbonyl (C=O) groups is 3. The van der Waals surface area contributed by atoms with Gasteiger partial charge in [-0.15, -0.1) is 0 Å². The summed E-state index contributed by atoms with van der Waals surface area (Å²) in [6, 6.07) is 8.46. The Morgan fingerprint density at radius 3 is 2.90 bits per heavy atom. The van der Waals surface area contributed by atoms with Gasteiger partial charge >= 0.3 is 6.09 Å². The Bertz CT molecular complexity index is 1060. The smallest absolute Gasteiger partial charge is 0.410 e. The van der Waals surface area contributed by atoms with Crippen molar-refractivity contribution in [3.8, 4) is 5.75 Å². The predicted molar refractivity (Wildman–Crippen MR) is 107 cm³/mol. The van der Waals surface area contributed by atoms with Gasteiger partial charge in [-0.05, 0) is 35.9 Å². The summed E-state index contributed by atoms with van der Waals surface area (Å²) >= 11 is 5.77. The molecule has 1 atom stereocenters. The van der Waals surface area contributed by atoms with E-state index < -0.39 is 23.6 Å². The normalized spacial score (nSPS) is 20.0. The number of rotatable bonds is 4. The van der Waals surface area contributed by atoms with Crippen LogP contribution in [0.2, 0.25) is 5.02 Å². The molecular formula is C20H17ClFN3O6. The maximum Gasteiger partial charge on any atom is 0.410 e. The minimum Gasteiger partial charge on any atom is -0.482 e. The van der Waals surface area contributed by atoms with Crippen molar-refractivity contribution < 1.29 is 33.4 Å². The summed E-state index contributed by atoms with van der Waals surface area (Å²) in [6.07, 6.45) is -1.20. The molecule has 3 N–H and O–H groups in total. The lowest BCUT2D eigenvalue weighted by Gasteiger charge is -2.24. The molecule has 2 aromatic rings. The van der Waals surface area contributed by atoms with E-state index in [1.807, 2.05) is 0 Å². The SMILES string of the molecule is O=C1COc2cc(N3CCC(O)(OC(=O)NCc4cc(F)cc(Cl)c4)C3=O)ccc2N1. The molecule has 0 aromatic heterocycles. The number of amides is 3. The van der Waals surface area contributed by atoms with Crippen molar-refractivity contribution in [3.63, 3.8) is 0 Å². The third-order valence-corrected chi connectivity index (χ3v) is 5.00. The second-order valence-corrected chi connectivity index (χ2v) is 7.47. The topological polar surface area (TPSA) is 117 Å². The molecule has 9 nitrogen and oxygen atoms in total. The van der Waals surface area contributed by atoms with Crippen LogP contribution in [0.1, 0.15) is 12.0 Å². The number of aliphatic hydroxyl groups is 1. The number of halogens is 2. The maximum absolute atomic E-state index is 13.4. The summed E-state index contributed by atoms with van der Waals surface area (Å²) in [7, 11) is 0. The van der Waals surface area contributed by atoms with E-state index in [0.29, 0.717) is 22.7 Å². The maximum atomic E-state index is 13.4. The van der Waals surface area contributed by atoms with Crippen molar-refractivity contribution in [1.29, 1.82) is 0 Å². The molecule has 0 aliphatic carbocycles. The number of ether oxygens (including phenoxy) is 2. The third kappa shape index (κ3) is 4.39. The Morgan fingerprint density at radius 1 is 1.32 bits per heavy atom. The highest BCUT2D eigenvalue weighted by atomic mass is 35.5. The summed E-state index contributed by atoms with van der Waals surface area (Å²) in [5, 5.41) is 15.7. The van der Waals surface area contributed by atoms with E-state index >= 15 is 0 Å². The molecule has 162 valence electrons. The number of anilines is 2. The van der Waals surface area contributed by atoms with Crippen molar-refractivity contribution >= 4 is 40.9 Å². The fourth-order valence-electron chi connectivity index (χ4n) is 3.33.